The van der Waals surface area contributed by atoms with Crippen LogP contribution in [-0.4, -0.2) is 32.3 Å². The summed E-state index contributed by atoms with van der Waals surface area (Å²) in [6.45, 7) is 0.842. The van der Waals surface area contributed by atoms with Crippen molar-refractivity contribution in [3.05, 3.63) is 72.3 Å². The number of anilines is 2. The van der Waals surface area contributed by atoms with Gasteiger partial charge in [-0.1, -0.05) is 24.3 Å². The van der Waals surface area contributed by atoms with Crippen LogP contribution in [0, 0.1) is 5.92 Å². The van der Waals surface area contributed by atoms with Crippen molar-refractivity contribution in [1.29, 1.82) is 0 Å². The minimum atomic E-state index is -0.453. The molecule has 8 nitrogen and oxygen atoms in total. The van der Waals surface area contributed by atoms with Crippen LogP contribution < -0.4 is 29.2 Å². The highest BCUT2D eigenvalue weighted by atomic mass is 16.7. The van der Waals surface area contributed by atoms with Crippen molar-refractivity contribution >= 4 is 23.2 Å². The predicted octanol–water partition coefficient (Wildman–Crippen LogP) is 3.99. The topological polar surface area (TPSA) is 86.3 Å². The van der Waals surface area contributed by atoms with Crippen molar-refractivity contribution in [1.82, 2.24) is 0 Å². The Hall–Kier alpha value is -4.20. The highest BCUT2D eigenvalue weighted by molar-refractivity contribution is 6.04. The fourth-order valence-electron chi connectivity index (χ4n) is 4.09. The van der Waals surface area contributed by atoms with Gasteiger partial charge in [-0.05, 0) is 42.0 Å². The van der Waals surface area contributed by atoms with Gasteiger partial charge in [-0.3, -0.25) is 9.59 Å². The molecule has 5 rings (SSSR count). The lowest BCUT2D eigenvalue weighted by atomic mass is 10.1. The number of nitrogens with one attached hydrogen (secondary N) is 1. The maximum atomic E-state index is 12.9. The molecule has 1 unspecified atom stereocenters. The monoisotopic (exact) mass is 460 g/mol. The lowest BCUT2D eigenvalue weighted by Crippen LogP contribution is -2.28. The number of amides is 2. The molecule has 0 aliphatic carbocycles. The van der Waals surface area contributed by atoms with E-state index in [1.807, 2.05) is 54.6 Å². The van der Waals surface area contributed by atoms with E-state index in [4.69, 9.17) is 18.9 Å². The zero-order chi connectivity index (χ0) is 23.5. The molecule has 2 aliphatic rings. The number of benzene rings is 3. The largest absolute Gasteiger partial charge is 0.495 e. The predicted molar refractivity (Wildman–Crippen MR) is 125 cm³/mol. The SMILES string of the molecule is COc1ccccc1N1CC(C(=O)Nc2cccc(COc3ccc4c(c3)OCO4)c2)CC1=O. The Balaban J connectivity index is 1.20. The van der Waals surface area contributed by atoms with E-state index in [1.54, 1.807) is 24.1 Å². The number of nitrogens with zero attached hydrogens (tertiary/aromatic N) is 1. The van der Waals surface area contributed by atoms with Gasteiger partial charge in [0, 0.05) is 24.7 Å². The molecule has 0 spiro atoms. The van der Waals surface area contributed by atoms with Gasteiger partial charge in [-0.25, -0.2) is 0 Å². The van der Waals surface area contributed by atoms with Gasteiger partial charge >= 0.3 is 0 Å². The number of methoxy groups -OCH3 is 1. The van der Waals surface area contributed by atoms with Gasteiger partial charge in [0.1, 0.15) is 18.1 Å². The highest BCUT2D eigenvalue weighted by Crippen LogP contribution is 2.35. The number of para-hydroxylation sites is 2. The van der Waals surface area contributed by atoms with Crippen molar-refractivity contribution < 1.29 is 28.5 Å². The number of carbonyl (C=O) groups is 2. The standard InChI is InChI=1S/C26H24N2O6/c1-31-22-8-3-2-7-21(22)28-14-18(12-25(28)29)26(30)27-19-6-4-5-17(11-19)15-32-20-9-10-23-24(13-20)34-16-33-23/h2-11,13,18H,12,14-16H2,1H3,(H,27,30). The normalized spacial score (nSPS) is 16.4. The smallest absolute Gasteiger partial charge is 0.231 e. The fourth-order valence-corrected chi connectivity index (χ4v) is 4.09. The first-order valence-corrected chi connectivity index (χ1v) is 11.0. The Morgan fingerprint density at radius 3 is 2.79 bits per heavy atom. The third kappa shape index (κ3) is 4.47. The van der Waals surface area contributed by atoms with Gasteiger partial charge in [0.25, 0.3) is 0 Å². The van der Waals surface area contributed by atoms with Crippen LogP contribution in [0.4, 0.5) is 11.4 Å². The van der Waals surface area contributed by atoms with E-state index < -0.39 is 5.92 Å². The number of ether oxygens (including phenoxy) is 4. The van der Waals surface area contributed by atoms with Crippen molar-refractivity contribution in [3.63, 3.8) is 0 Å². The van der Waals surface area contributed by atoms with Crippen molar-refractivity contribution in [2.75, 3.05) is 30.7 Å². The Morgan fingerprint density at radius 1 is 1.06 bits per heavy atom. The highest BCUT2D eigenvalue weighted by Gasteiger charge is 2.36. The minimum absolute atomic E-state index is 0.101. The second-order valence-electron chi connectivity index (χ2n) is 8.07. The van der Waals surface area contributed by atoms with E-state index in [0.29, 0.717) is 47.5 Å². The molecular weight excluding hydrogens is 436 g/mol. The summed E-state index contributed by atoms with van der Waals surface area (Å²) in [6.07, 6.45) is 0.150. The Bertz CT molecular complexity index is 1230. The van der Waals surface area contributed by atoms with Crippen LogP contribution in [0.15, 0.2) is 66.7 Å². The van der Waals surface area contributed by atoms with Crippen LogP contribution in [-0.2, 0) is 16.2 Å². The molecule has 174 valence electrons. The van der Waals surface area contributed by atoms with Gasteiger partial charge in [0.2, 0.25) is 18.6 Å². The van der Waals surface area contributed by atoms with E-state index in [2.05, 4.69) is 5.32 Å². The van der Waals surface area contributed by atoms with Crippen LogP contribution in [0.5, 0.6) is 23.0 Å². The summed E-state index contributed by atoms with van der Waals surface area (Å²) in [5.74, 6) is 1.88. The van der Waals surface area contributed by atoms with E-state index in [1.165, 1.54) is 0 Å². The Kier molecular flexibility index (Phi) is 5.95. The molecule has 3 aromatic rings. The van der Waals surface area contributed by atoms with E-state index in [-0.39, 0.29) is 25.0 Å². The van der Waals surface area contributed by atoms with E-state index in [9.17, 15) is 9.59 Å². The molecule has 8 heteroatoms. The summed E-state index contributed by atoms with van der Waals surface area (Å²) in [7, 11) is 1.56. The van der Waals surface area contributed by atoms with E-state index in [0.717, 1.165) is 5.56 Å². The summed E-state index contributed by atoms with van der Waals surface area (Å²) >= 11 is 0. The van der Waals surface area contributed by atoms with Crippen LogP contribution in [0.1, 0.15) is 12.0 Å². The Morgan fingerprint density at radius 2 is 1.91 bits per heavy atom. The van der Waals surface area contributed by atoms with Crippen LogP contribution in [0.3, 0.4) is 0 Å². The lowest BCUT2D eigenvalue weighted by Gasteiger charge is -2.19. The first kappa shape index (κ1) is 21.6. The molecule has 1 fully saturated rings. The third-order valence-electron chi connectivity index (χ3n) is 5.82. The first-order chi connectivity index (χ1) is 16.6. The van der Waals surface area contributed by atoms with Crippen molar-refractivity contribution in [3.8, 4) is 23.0 Å². The quantitative estimate of drug-likeness (QED) is 0.574. The molecule has 2 heterocycles. The van der Waals surface area contributed by atoms with Crippen LogP contribution >= 0.6 is 0 Å². The molecule has 0 aromatic heterocycles. The average molecular weight is 460 g/mol. The molecule has 1 N–H and O–H groups in total. The third-order valence-corrected chi connectivity index (χ3v) is 5.82. The second kappa shape index (κ2) is 9.35. The van der Waals surface area contributed by atoms with Crippen molar-refractivity contribution in [2.45, 2.75) is 13.0 Å². The molecule has 34 heavy (non-hydrogen) atoms. The van der Waals surface area contributed by atoms with Crippen molar-refractivity contribution in [2.24, 2.45) is 5.92 Å². The summed E-state index contributed by atoms with van der Waals surface area (Å²) in [5.41, 5.74) is 2.22. The second-order valence-corrected chi connectivity index (χ2v) is 8.07. The maximum absolute atomic E-state index is 12.9. The number of carbonyl (C=O) groups excluding carboxylic acids is 2. The molecule has 3 aromatic carbocycles. The summed E-state index contributed by atoms with van der Waals surface area (Å²) < 4.78 is 21.9. The summed E-state index contributed by atoms with van der Waals surface area (Å²) in [5, 5.41) is 2.94. The number of hydrogen-bond acceptors (Lipinski definition) is 6. The lowest BCUT2D eigenvalue weighted by molar-refractivity contribution is -0.122. The molecule has 1 saturated heterocycles. The fraction of sp³-hybridized carbons (Fsp3) is 0.231. The Labute approximate surface area is 197 Å². The molecule has 2 aliphatic heterocycles. The number of fused-ring (bicyclic) bond motifs is 1. The van der Waals surface area contributed by atoms with Gasteiger partial charge in [0.05, 0.1) is 18.7 Å². The maximum Gasteiger partial charge on any atom is 0.231 e. The number of rotatable bonds is 7. The zero-order valence-electron chi connectivity index (χ0n) is 18.7. The van der Waals surface area contributed by atoms with Gasteiger partial charge in [0.15, 0.2) is 11.5 Å². The van der Waals surface area contributed by atoms with Crippen LogP contribution in [0.25, 0.3) is 0 Å². The first-order valence-electron chi connectivity index (χ1n) is 11.0. The molecule has 0 radical (unpaired) electrons. The molecule has 0 bridgehead atoms. The zero-order valence-corrected chi connectivity index (χ0v) is 18.7. The molecule has 0 saturated carbocycles. The van der Waals surface area contributed by atoms with Gasteiger partial charge in [-0.15, -0.1) is 0 Å². The molecule has 2 amide bonds. The average Bonchev–Trinajstić information content (AvgIpc) is 3.49. The summed E-state index contributed by atoms with van der Waals surface area (Å²) in [6, 6.07) is 20.2. The van der Waals surface area contributed by atoms with Gasteiger partial charge in [-0.2, -0.15) is 0 Å². The summed E-state index contributed by atoms with van der Waals surface area (Å²) in [4.78, 5) is 27.1. The van der Waals surface area contributed by atoms with Gasteiger partial charge < -0.3 is 29.2 Å². The molecule has 1 atom stereocenters. The van der Waals surface area contributed by atoms with Crippen LogP contribution in [0.2, 0.25) is 0 Å². The molecular formula is C26H24N2O6. The minimum Gasteiger partial charge on any atom is -0.495 e. The van der Waals surface area contributed by atoms with E-state index >= 15 is 0 Å². The number of hydrogen-bond donors (Lipinski definition) is 1.